The minimum atomic E-state index is -0.487. The summed E-state index contributed by atoms with van der Waals surface area (Å²) in [6.07, 6.45) is 1.32. The van der Waals surface area contributed by atoms with Crippen LogP contribution in [0.3, 0.4) is 0 Å². The first-order chi connectivity index (χ1) is 6.15. The van der Waals surface area contributed by atoms with Gasteiger partial charge in [-0.1, -0.05) is 11.6 Å². The maximum absolute atomic E-state index is 11.2. The lowest BCUT2D eigenvalue weighted by molar-refractivity contribution is -0.139. The Balaban J connectivity index is 3.00. The first-order valence-corrected chi connectivity index (χ1v) is 3.96. The second-order valence-corrected chi connectivity index (χ2v) is 2.77. The number of carbonyl (C=O) groups excluding carboxylic acids is 1. The molecule has 1 aromatic heterocycles. The first kappa shape index (κ1) is 9.80. The fraction of sp³-hybridized carbons (Fsp3) is 0.250. The molecule has 0 atom stereocenters. The molecular weight excluding hydrogens is 194 g/mol. The maximum atomic E-state index is 11.2. The third kappa shape index (κ3) is 2.32. The number of H-pyrrole nitrogens is 1. The van der Waals surface area contributed by atoms with E-state index in [1.54, 1.807) is 0 Å². The molecule has 0 saturated heterocycles. The summed E-state index contributed by atoms with van der Waals surface area (Å²) in [5.41, 5.74) is -0.0369. The van der Waals surface area contributed by atoms with Crippen molar-refractivity contribution in [3.8, 4) is 0 Å². The largest absolute Gasteiger partial charge is 0.469 e. The van der Waals surface area contributed by atoms with Crippen LogP contribution in [-0.4, -0.2) is 18.1 Å². The topological polar surface area (TPSA) is 59.2 Å². The molecule has 0 spiro atoms. The molecule has 1 heterocycles. The Morgan fingerprint density at radius 2 is 2.38 bits per heavy atom. The number of rotatable bonds is 2. The number of hydrogen-bond acceptors (Lipinski definition) is 3. The molecule has 0 aliphatic heterocycles. The van der Waals surface area contributed by atoms with Gasteiger partial charge in [0.15, 0.2) is 5.43 Å². The first-order valence-electron chi connectivity index (χ1n) is 3.58. The SMILES string of the molecule is COC(=O)Cc1c(Cl)[nH]ccc1=O. The molecule has 1 N–H and O–H groups in total. The zero-order valence-corrected chi connectivity index (χ0v) is 7.72. The highest BCUT2D eigenvalue weighted by atomic mass is 35.5. The summed E-state index contributed by atoms with van der Waals surface area (Å²) in [5, 5.41) is 0.179. The molecule has 0 fully saturated rings. The monoisotopic (exact) mass is 201 g/mol. The average Bonchev–Trinajstić information content (AvgIpc) is 2.11. The Hall–Kier alpha value is -1.29. The van der Waals surface area contributed by atoms with Gasteiger partial charge in [0.2, 0.25) is 0 Å². The molecule has 0 radical (unpaired) electrons. The Morgan fingerprint density at radius 3 is 2.92 bits per heavy atom. The molecule has 70 valence electrons. The molecule has 1 rings (SSSR count). The number of aromatic nitrogens is 1. The Morgan fingerprint density at radius 1 is 1.69 bits per heavy atom. The standard InChI is InChI=1S/C8H8ClNO3/c1-13-7(12)4-5-6(11)2-3-10-8(5)9/h2-3H,4H2,1H3,(H,10,11). The van der Waals surface area contributed by atoms with E-state index in [-0.39, 0.29) is 22.6 Å². The summed E-state index contributed by atoms with van der Waals surface area (Å²) < 4.78 is 4.41. The second kappa shape index (κ2) is 4.09. The van der Waals surface area contributed by atoms with Crippen LogP contribution in [0.25, 0.3) is 0 Å². The van der Waals surface area contributed by atoms with Crippen molar-refractivity contribution in [1.82, 2.24) is 4.98 Å². The van der Waals surface area contributed by atoms with Gasteiger partial charge in [0.05, 0.1) is 13.5 Å². The Labute approximate surface area is 79.5 Å². The summed E-state index contributed by atoms with van der Waals surface area (Å²) in [4.78, 5) is 24.7. The average molecular weight is 202 g/mol. The van der Waals surface area contributed by atoms with E-state index in [0.717, 1.165) is 0 Å². The predicted octanol–water partition coefficient (Wildman–Crippen LogP) is 0.744. The van der Waals surface area contributed by atoms with Crippen LogP contribution in [0, 0.1) is 0 Å². The zero-order chi connectivity index (χ0) is 9.84. The van der Waals surface area contributed by atoms with Gasteiger partial charge in [0, 0.05) is 17.8 Å². The van der Waals surface area contributed by atoms with Gasteiger partial charge < -0.3 is 9.72 Å². The molecule has 0 saturated carbocycles. The molecule has 0 aliphatic rings. The summed E-state index contributed by atoms with van der Waals surface area (Å²) in [6, 6.07) is 1.31. The van der Waals surface area contributed by atoms with Crippen molar-refractivity contribution in [3.05, 3.63) is 33.2 Å². The van der Waals surface area contributed by atoms with Crippen molar-refractivity contribution in [1.29, 1.82) is 0 Å². The van der Waals surface area contributed by atoms with Crippen molar-refractivity contribution in [2.24, 2.45) is 0 Å². The van der Waals surface area contributed by atoms with Crippen molar-refractivity contribution in [2.45, 2.75) is 6.42 Å². The highest BCUT2D eigenvalue weighted by Gasteiger charge is 2.10. The van der Waals surface area contributed by atoms with Crippen molar-refractivity contribution in [3.63, 3.8) is 0 Å². The van der Waals surface area contributed by atoms with Crippen molar-refractivity contribution in [2.75, 3.05) is 7.11 Å². The van der Waals surface area contributed by atoms with Gasteiger partial charge in [-0.3, -0.25) is 9.59 Å². The van der Waals surface area contributed by atoms with Crippen LogP contribution in [0.1, 0.15) is 5.56 Å². The zero-order valence-electron chi connectivity index (χ0n) is 6.96. The third-order valence-corrected chi connectivity index (χ3v) is 1.89. The summed E-state index contributed by atoms with van der Waals surface area (Å²) >= 11 is 5.67. The molecule has 0 aromatic carbocycles. The number of pyridine rings is 1. The van der Waals surface area contributed by atoms with E-state index >= 15 is 0 Å². The van der Waals surface area contributed by atoms with E-state index < -0.39 is 5.97 Å². The lowest BCUT2D eigenvalue weighted by Crippen LogP contribution is -2.15. The third-order valence-electron chi connectivity index (χ3n) is 1.56. The van der Waals surface area contributed by atoms with Gasteiger partial charge in [-0.2, -0.15) is 0 Å². The highest BCUT2D eigenvalue weighted by molar-refractivity contribution is 6.30. The lowest BCUT2D eigenvalue weighted by Gasteiger charge is -2.00. The van der Waals surface area contributed by atoms with E-state index in [9.17, 15) is 9.59 Å². The van der Waals surface area contributed by atoms with Crippen LogP contribution in [0.15, 0.2) is 17.1 Å². The van der Waals surface area contributed by atoms with E-state index in [1.807, 2.05) is 0 Å². The van der Waals surface area contributed by atoms with Crippen molar-refractivity contribution >= 4 is 17.6 Å². The lowest BCUT2D eigenvalue weighted by atomic mass is 10.2. The van der Waals surface area contributed by atoms with E-state index in [0.29, 0.717) is 0 Å². The van der Waals surface area contributed by atoms with Gasteiger partial charge in [-0.25, -0.2) is 0 Å². The number of nitrogens with one attached hydrogen (secondary N) is 1. The fourth-order valence-corrected chi connectivity index (χ4v) is 1.09. The minimum absolute atomic E-state index is 0.106. The Bertz CT molecular complexity index is 372. The summed E-state index contributed by atoms with van der Waals surface area (Å²) in [5.74, 6) is -0.487. The van der Waals surface area contributed by atoms with Gasteiger partial charge >= 0.3 is 5.97 Å². The fourth-order valence-electron chi connectivity index (χ4n) is 0.868. The normalized spacial score (nSPS) is 9.69. The predicted molar refractivity (Wildman–Crippen MR) is 47.8 cm³/mol. The minimum Gasteiger partial charge on any atom is -0.469 e. The number of methoxy groups -OCH3 is 1. The van der Waals surface area contributed by atoms with Crippen LogP contribution >= 0.6 is 11.6 Å². The van der Waals surface area contributed by atoms with E-state index in [4.69, 9.17) is 11.6 Å². The molecule has 13 heavy (non-hydrogen) atoms. The smallest absolute Gasteiger partial charge is 0.310 e. The molecule has 0 amide bonds. The highest BCUT2D eigenvalue weighted by Crippen LogP contribution is 2.07. The van der Waals surface area contributed by atoms with Crippen molar-refractivity contribution < 1.29 is 9.53 Å². The van der Waals surface area contributed by atoms with Gasteiger partial charge in [-0.05, 0) is 0 Å². The van der Waals surface area contributed by atoms with Crippen LogP contribution in [0.4, 0.5) is 0 Å². The van der Waals surface area contributed by atoms with E-state index in [2.05, 4.69) is 9.72 Å². The molecule has 0 aliphatic carbocycles. The van der Waals surface area contributed by atoms with Crippen LogP contribution < -0.4 is 5.43 Å². The summed E-state index contributed by atoms with van der Waals surface area (Å²) in [7, 11) is 1.26. The molecule has 4 nitrogen and oxygen atoms in total. The van der Waals surface area contributed by atoms with Crippen LogP contribution in [0.5, 0.6) is 0 Å². The molecule has 0 bridgehead atoms. The van der Waals surface area contributed by atoms with Crippen LogP contribution in [0.2, 0.25) is 5.15 Å². The van der Waals surface area contributed by atoms with Crippen LogP contribution in [-0.2, 0) is 16.0 Å². The number of ether oxygens (including phenoxy) is 1. The molecule has 1 aromatic rings. The number of esters is 1. The maximum Gasteiger partial charge on any atom is 0.310 e. The number of hydrogen-bond donors (Lipinski definition) is 1. The quantitative estimate of drug-likeness (QED) is 0.567. The summed E-state index contributed by atoms with van der Waals surface area (Å²) in [6.45, 7) is 0. The van der Waals surface area contributed by atoms with Gasteiger partial charge in [0.1, 0.15) is 5.15 Å². The van der Waals surface area contributed by atoms with E-state index in [1.165, 1.54) is 19.4 Å². The van der Waals surface area contributed by atoms with Gasteiger partial charge in [0.25, 0.3) is 0 Å². The number of halogens is 1. The molecule has 5 heteroatoms. The second-order valence-electron chi connectivity index (χ2n) is 2.39. The Kier molecular flexibility index (Phi) is 3.08. The number of carbonyl (C=O) groups is 1. The van der Waals surface area contributed by atoms with Gasteiger partial charge in [-0.15, -0.1) is 0 Å². The number of aromatic amines is 1. The molecular formula is C8H8ClNO3. The molecule has 0 unspecified atom stereocenters.